The lowest BCUT2D eigenvalue weighted by Gasteiger charge is -2.21. The van der Waals surface area contributed by atoms with Crippen molar-refractivity contribution in [2.75, 3.05) is 6.54 Å². The summed E-state index contributed by atoms with van der Waals surface area (Å²) in [7, 11) is 0. The molecule has 0 spiro atoms. The van der Waals surface area contributed by atoms with Crippen LogP contribution in [0.1, 0.15) is 40.0 Å². The Morgan fingerprint density at radius 1 is 1.40 bits per heavy atom. The van der Waals surface area contributed by atoms with Crippen LogP contribution >= 0.6 is 0 Å². The molecule has 0 heterocycles. The molecule has 0 bridgehead atoms. The van der Waals surface area contributed by atoms with Crippen LogP contribution in [0.4, 0.5) is 0 Å². The van der Waals surface area contributed by atoms with Crippen LogP contribution in [0.15, 0.2) is 0 Å². The van der Waals surface area contributed by atoms with Gasteiger partial charge in [-0.25, -0.2) is 0 Å². The molecular formula is C11H25N3O. The van der Waals surface area contributed by atoms with Crippen LogP contribution in [0.25, 0.3) is 0 Å². The van der Waals surface area contributed by atoms with Crippen molar-refractivity contribution >= 4 is 5.91 Å². The lowest BCUT2D eigenvalue weighted by Crippen LogP contribution is -2.48. The van der Waals surface area contributed by atoms with E-state index >= 15 is 0 Å². The van der Waals surface area contributed by atoms with Gasteiger partial charge in [0.2, 0.25) is 5.91 Å². The smallest absolute Gasteiger partial charge is 0.237 e. The summed E-state index contributed by atoms with van der Waals surface area (Å²) in [4.78, 5) is 11.6. The molecule has 4 heteroatoms. The van der Waals surface area contributed by atoms with Gasteiger partial charge >= 0.3 is 0 Å². The molecule has 2 atom stereocenters. The van der Waals surface area contributed by atoms with Crippen molar-refractivity contribution in [2.24, 2.45) is 17.4 Å². The molecule has 0 aromatic heterocycles. The molecule has 5 N–H and O–H groups in total. The molecule has 0 rings (SSSR count). The fraction of sp³-hybridized carbons (Fsp3) is 0.909. The summed E-state index contributed by atoms with van der Waals surface area (Å²) in [6, 6.07) is -0.336. The highest BCUT2D eigenvalue weighted by atomic mass is 16.2. The summed E-state index contributed by atoms with van der Waals surface area (Å²) in [6.07, 6.45) is 2.55. The van der Waals surface area contributed by atoms with Gasteiger partial charge in [0.15, 0.2) is 0 Å². The van der Waals surface area contributed by atoms with Crippen molar-refractivity contribution < 1.29 is 4.79 Å². The van der Waals surface area contributed by atoms with Gasteiger partial charge < -0.3 is 16.8 Å². The van der Waals surface area contributed by atoms with Crippen LogP contribution in [0.3, 0.4) is 0 Å². The Kier molecular flexibility index (Phi) is 7.34. The van der Waals surface area contributed by atoms with Crippen molar-refractivity contribution in [1.29, 1.82) is 0 Å². The van der Waals surface area contributed by atoms with E-state index < -0.39 is 6.04 Å². The summed E-state index contributed by atoms with van der Waals surface area (Å²) >= 11 is 0. The second kappa shape index (κ2) is 7.65. The van der Waals surface area contributed by atoms with Crippen molar-refractivity contribution in [1.82, 2.24) is 5.32 Å². The second-order valence-corrected chi connectivity index (χ2v) is 4.47. The van der Waals surface area contributed by atoms with E-state index in [1.54, 1.807) is 0 Å². The van der Waals surface area contributed by atoms with Gasteiger partial charge in [-0.3, -0.25) is 4.79 Å². The molecule has 2 unspecified atom stereocenters. The fourth-order valence-corrected chi connectivity index (χ4v) is 1.53. The highest BCUT2D eigenvalue weighted by Gasteiger charge is 2.17. The molecule has 1 amide bonds. The Balaban J connectivity index is 4.00. The number of nitrogens with two attached hydrogens (primary N) is 2. The number of hydrogen-bond donors (Lipinski definition) is 3. The van der Waals surface area contributed by atoms with Gasteiger partial charge in [0, 0.05) is 12.6 Å². The predicted octanol–water partition coefficient (Wildman–Crippen LogP) is 0.603. The lowest BCUT2D eigenvalue weighted by molar-refractivity contribution is -0.123. The first kappa shape index (κ1) is 14.4. The summed E-state index contributed by atoms with van der Waals surface area (Å²) < 4.78 is 0. The molecule has 0 aliphatic heterocycles. The van der Waals surface area contributed by atoms with Crippen molar-refractivity contribution in [2.45, 2.75) is 52.1 Å². The van der Waals surface area contributed by atoms with Crippen molar-refractivity contribution in [3.8, 4) is 0 Å². The molecule has 0 saturated carbocycles. The highest BCUT2D eigenvalue weighted by Crippen LogP contribution is 2.04. The second-order valence-electron chi connectivity index (χ2n) is 4.47. The number of hydrogen-bond acceptors (Lipinski definition) is 3. The van der Waals surface area contributed by atoms with E-state index in [-0.39, 0.29) is 11.9 Å². The van der Waals surface area contributed by atoms with E-state index in [0.717, 1.165) is 19.3 Å². The van der Waals surface area contributed by atoms with Gasteiger partial charge in [0.1, 0.15) is 0 Å². The van der Waals surface area contributed by atoms with E-state index in [4.69, 9.17) is 11.5 Å². The van der Waals surface area contributed by atoms with Crippen LogP contribution in [0.5, 0.6) is 0 Å². The lowest BCUT2D eigenvalue weighted by atomic mass is 10.0. The number of nitrogens with one attached hydrogen (secondary N) is 1. The molecule has 4 nitrogen and oxygen atoms in total. The predicted molar refractivity (Wildman–Crippen MR) is 63.3 cm³/mol. The zero-order chi connectivity index (χ0) is 11.8. The van der Waals surface area contributed by atoms with Gasteiger partial charge in [-0.05, 0) is 18.8 Å². The third-order valence-corrected chi connectivity index (χ3v) is 2.32. The van der Waals surface area contributed by atoms with E-state index in [1.807, 2.05) is 6.92 Å². The fourth-order valence-electron chi connectivity index (χ4n) is 1.53. The molecule has 0 aliphatic rings. The molecule has 0 fully saturated rings. The average molecular weight is 215 g/mol. The largest absolute Gasteiger partial charge is 0.351 e. The first-order valence-corrected chi connectivity index (χ1v) is 5.77. The summed E-state index contributed by atoms with van der Waals surface area (Å²) in [5.41, 5.74) is 11.3. The van der Waals surface area contributed by atoms with Crippen molar-refractivity contribution in [3.05, 3.63) is 0 Å². The molecule has 0 radical (unpaired) electrons. The van der Waals surface area contributed by atoms with E-state index in [0.29, 0.717) is 12.5 Å². The van der Waals surface area contributed by atoms with Crippen LogP contribution < -0.4 is 16.8 Å². The SMILES string of the molecule is CCCC(N)C(=O)NC(CN)CC(C)C. The monoisotopic (exact) mass is 215 g/mol. The molecule has 0 saturated heterocycles. The Morgan fingerprint density at radius 3 is 2.40 bits per heavy atom. The molecular weight excluding hydrogens is 190 g/mol. The topological polar surface area (TPSA) is 81.1 Å². The number of carbonyl (C=O) groups is 1. The van der Waals surface area contributed by atoms with Gasteiger partial charge in [-0.2, -0.15) is 0 Å². The maximum Gasteiger partial charge on any atom is 0.237 e. The normalized spacial score (nSPS) is 15.1. The van der Waals surface area contributed by atoms with Gasteiger partial charge in [-0.15, -0.1) is 0 Å². The van der Waals surface area contributed by atoms with Crippen LogP contribution in [-0.4, -0.2) is 24.5 Å². The Hall–Kier alpha value is -0.610. The quantitative estimate of drug-likeness (QED) is 0.582. The van der Waals surface area contributed by atoms with Gasteiger partial charge in [-0.1, -0.05) is 27.2 Å². The van der Waals surface area contributed by atoms with Crippen LogP contribution in [0.2, 0.25) is 0 Å². The first-order valence-electron chi connectivity index (χ1n) is 5.77. The maximum absolute atomic E-state index is 11.6. The molecule has 0 aromatic rings. The third-order valence-electron chi connectivity index (χ3n) is 2.32. The number of amides is 1. The number of carbonyl (C=O) groups excluding carboxylic acids is 1. The Bertz CT molecular complexity index is 183. The van der Waals surface area contributed by atoms with Gasteiger partial charge in [0.05, 0.1) is 6.04 Å². The maximum atomic E-state index is 11.6. The van der Waals surface area contributed by atoms with Gasteiger partial charge in [0.25, 0.3) is 0 Å². The molecule has 0 aliphatic carbocycles. The standard InChI is InChI=1S/C11H25N3O/c1-4-5-10(13)11(15)14-9(7-12)6-8(2)3/h8-10H,4-7,12-13H2,1-3H3,(H,14,15). The minimum atomic E-state index is -0.392. The molecule has 15 heavy (non-hydrogen) atoms. The third kappa shape index (κ3) is 6.47. The molecule has 0 aromatic carbocycles. The summed E-state index contributed by atoms with van der Waals surface area (Å²) in [5, 5.41) is 2.89. The minimum Gasteiger partial charge on any atom is -0.351 e. The van der Waals surface area contributed by atoms with Crippen LogP contribution in [0, 0.1) is 5.92 Å². The Morgan fingerprint density at radius 2 is 2.00 bits per heavy atom. The Labute approximate surface area is 92.8 Å². The van der Waals surface area contributed by atoms with E-state index in [2.05, 4.69) is 19.2 Å². The molecule has 90 valence electrons. The summed E-state index contributed by atoms with van der Waals surface area (Å²) in [6.45, 7) is 6.71. The number of rotatable bonds is 7. The zero-order valence-electron chi connectivity index (χ0n) is 10.1. The van der Waals surface area contributed by atoms with E-state index in [9.17, 15) is 4.79 Å². The van der Waals surface area contributed by atoms with Crippen LogP contribution in [-0.2, 0) is 4.79 Å². The minimum absolute atomic E-state index is 0.0559. The highest BCUT2D eigenvalue weighted by molar-refractivity contribution is 5.81. The van der Waals surface area contributed by atoms with E-state index in [1.165, 1.54) is 0 Å². The average Bonchev–Trinajstić information content (AvgIpc) is 2.16. The first-order chi connectivity index (χ1) is 7.01. The summed E-state index contributed by atoms with van der Waals surface area (Å²) in [5.74, 6) is 0.453. The zero-order valence-corrected chi connectivity index (χ0v) is 10.1. The van der Waals surface area contributed by atoms with Crippen molar-refractivity contribution in [3.63, 3.8) is 0 Å².